The third kappa shape index (κ3) is 3.73. The van der Waals surface area contributed by atoms with Crippen LogP contribution in [0.15, 0.2) is 18.3 Å². The molecule has 0 atom stereocenters. The second-order valence-corrected chi connectivity index (χ2v) is 4.35. The zero-order valence-corrected chi connectivity index (χ0v) is 11.7. The molecule has 5 heteroatoms. The molecule has 3 nitrogen and oxygen atoms in total. The Morgan fingerprint density at radius 3 is 2.41 bits per heavy atom. The Labute approximate surface area is 114 Å². The lowest BCUT2D eigenvalue weighted by Gasteiger charge is -2.34. The van der Waals surface area contributed by atoms with E-state index in [0.717, 1.165) is 44.1 Å². The zero-order valence-electron chi connectivity index (χ0n) is 10.1. The normalized spacial score (nSPS) is 16.7. The highest BCUT2D eigenvalue weighted by molar-refractivity contribution is 6.17. The van der Waals surface area contributed by atoms with E-state index >= 15 is 0 Å². The summed E-state index contributed by atoms with van der Waals surface area (Å²) in [5.41, 5.74) is 1.08. The van der Waals surface area contributed by atoms with Crippen LogP contribution in [0.5, 0.6) is 0 Å². The van der Waals surface area contributed by atoms with Crippen molar-refractivity contribution in [2.24, 2.45) is 0 Å². The van der Waals surface area contributed by atoms with Crippen LogP contribution in [0.25, 0.3) is 0 Å². The molecule has 2 rings (SSSR count). The van der Waals surface area contributed by atoms with Crippen molar-refractivity contribution >= 4 is 29.8 Å². The minimum atomic E-state index is 0. The molecule has 0 aromatic carbocycles. The summed E-state index contributed by atoms with van der Waals surface area (Å²) in [4.78, 5) is 9.25. The fourth-order valence-electron chi connectivity index (χ4n) is 1.98. The molecule has 17 heavy (non-hydrogen) atoms. The predicted molar refractivity (Wildman–Crippen MR) is 75.4 cm³/mol. The number of hydrogen-bond donors (Lipinski definition) is 0. The van der Waals surface area contributed by atoms with Crippen molar-refractivity contribution in [3.63, 3.8) is 0 Å². The highest BCUT2D eigenvalue weighted by Gasteiger charge is 2.16. The van der Waals surface area contributed by atoms with Crippen LogP contribution in [-0.4, -0.2) is 42.6 Å². The summed E-state index contributed by atoms with van der Waals surface area (Å²) in [5.74, 6) is 1.61. The van der Waals surface area contributed by atoms with E-state index in [4.69, 9.17) is 11.6 Å². The molecule has 0 N–H and O–H groups in total. The van der Waals surface area contributed by atoms with Crippen molar-refractivity contribution in [3.05, 3.63) is 23.9 Å². The number of piperazine rings is 1. The first-order valence-corrected chi connectivity index (χ1v) is 6.35. The topological polar surface area (TPSA) is 19.4 Å². The minimum absolute atomic E-state index is 0. The Kier molecular flexibility index (Phi) is 6.03. The Morgan fingerprint density at radius 2 is 1.94 bits per heavy atom. The molecule has 1 aliphatic heterocycles. The van der Waals surface area contributed by atoms with E-state index in [2.05, 4.69) is 33.8 Å². The maximum atomic E-state index is 5.74. The van der Waals surface area contributed by atoms with Crippen LogP contribution in [0, 0.1) is 0 Å². The summed E-state index contributed by atoms with van der Waals surface area (Å²) < 4.78 is 0. The molecule has 2 heterocycles. The van der Waals surface area contributed by atoms with Crippen molar-refractivity contribution in [1.82, 2.24) is 9.88 Å². The lowest BCUT2D eigenvalue weighted by molar-refractivity contribution is 0.270. The first-order chi connectivity index (χ1) is 7.83. The Hall–Kier alpha value is -0.510. The molecule has 0 aliphatic carbocycles. The number of halogens is 2. The van der Waals surface area contributed by atoms with Crippen LogP contribution in [0.2, 0.25) is 0 Å². The molecular weight excluding hydrogens is 257 g/mol. The van der Waals surface area contributed by atoms with Gasteiger partial charge in [-0.1, -0.05) is 13.0 Å². The summed E-state index contributed by atoms with van der Waals surface area (Å²) >= 11 is 5.74. The summed E-state index contributed by atoms with van der Waals surface area (Å²) in [6.45, 7) is 7.77. The smallest absolute Gasteiger partial charge is 0.128 e. The third-order valence-electron chi connectivity index (χ3n) is 3.11. The standard InChI is InChI=1S/C12H18ClN3.ClH/c1-2-15-5-7-16(8-6-15)12-4-3-11(9-13)10-14-12;/h3-4,10H,2,5-9H2,1H3;1H. The summed E-state index contributed by atoms with van der Waals surface area (Å²) in [6, 6.07) is 4.13. The van der Waals surface area contributed by atoms with E-state index in [1.807, 2.05) is 6.20 Å². The van der Waals surface area contributed by atoms with Gasteiger partial charge in [0.15, 0.2) is 0 Å². The lowest BCUT2D eigenvalue weighted by atomic mass is 10.2. The second kappa shape index (κ2) is 7.04. The first kappa shape index (κ1) is 14.6. The predicted octanol–water partition coefficient (Wildman–Crippen LogP) is 2.38. The third-order valence-corrected chi connectivity index (χ3v) is 3.42. The molecule has 0 saturated carbocycles. The van der Waals surface area contributed by atoms with E-state index < -0.39 is 0 Å². The number of rotatable bonds is 3. The number of pyridine rings is 1. The zero-order chi connectivity index (χ0) is 11.4. The van der Waals surface area contributed by atoms with E-state index in [0.29, 0.717) is 5.88 Å². The molecule has 1 fully saturated rings. The van der Waals surface area contributed by atoms with E-state index in [1.54, 1.807) is 0 Å². The quantitative estimate of drug-likeness (QED) is 0.790. The molecular formula is C12H19Cl2N3. The number of anilines is 1. The molecule has 0 radical (unpaired) electrons. The summed E-state index contributed by atoms with van der Waals surface area (Å²) in [7, 11) is 0. The molecule has 0 spiro atoms. The number of hydrogen-bond acceptors (Lipinski definition) is 3. The second-order valence-electron chi connectivity index (χ2n) is 4.08. The van der Waals surface area contributed by atoms with Crippen LogP contribution in [0.4, 0.5) is 5.82 Å². The van der Waals surface area contributed by atoms with Crippen LogP contribution in [0.1, 0.15) is 12.5 Å². The molecule has 0 unspecified atom stereocenters. The average molecular weight is 276 g/mol. The van der Waals surface area contributed by atoms with E-state index in [-0.39, 0.29) is 12.4 Å². The van der Waals surface area contributed by atoms with Crippen LogP contribution < -0.4 is 4.90 Å². The van der Waals surface area contributed by atoms with Gasteiger partial charge in [-0.25, -0.2) is 4.98 Å². The number of likely N-dealkylation sites (N-methyl/N-ethyl adjacent to an activating group) is 1. The van der Waals surface area contributed by atoms with Gasteiger partial charge in [0.2, 0.25) is 0 Å². The molecule has 1 aliphatic rings. The van der Waals surface area contributed by atoms with Gasteiger partial charge in [0.1, 0.15) is 5.82 Å². The van der Waals surface area contributed by atoms with Crippen molar-refractivity contribution in [2.75, 3.05) is 37.6 Å². The number of nitrogens with zero attached hydrogens (tertiary/aromatic N) is 3. The van der Waals surface area contributed by atoms with Gasteiger partial charge in [-0.15, -0.1) is 24.0 Å². The summed E-state index contributed by atoms with van der Waals surface area (Å²) in [6.07, 6.45) is 1.87. The van der Waals surface area contributed by atoms with Crippen molar-refractivity contribution in [3.8, 4) is 0 Å². The van der Waals surface area contributed by atoms with Crippen LogP contribution >= 0.6 is 24.0 Å². The SMILES string of the molecule is CCN1CCN(c2ccc(CCl)cn2)CC1.Cl. The Bertz CT molecular complexity index is 321. The first-order valence-electron chi connectivity index (χ1n) is 5.81. The van der Waals surface area contributed by atoms with Crippen molar-refractivity contribution in [1.29, 1.82) is 0 Å². The number of aromatic nitrogens is 1. The van der Waals surface area contributed by atoms with Crippen molar-refractivity contribution in [2.45, 2.75) is 12.8 Å². The minimum Gasteiger partial charge on any atom is -0.354 e. The van der Waals surface area contributed by atoms with Gasteiger partial charge in [0, 0.05) is 38.3 Å². The Balaban J connectivity index is 0.00000144. The molecule has 1 aromatic heterocycles. The van der Waals surface area contributed by atoms with Gasteiger partial charge in [-0.3, -0.25) is 0 Å². The molecule has 0 bridgehead atoms. The largest absolute Gasteiger partial charge is 0.354 e. The van der Waals surface area contributed by atoms with Crippen molar-refractivity contribution < 1.29 is 0 Å². The fraction of sp³-hybridized carbons (Fsp3) is 0.583. The van der Waals surface area contributed by atoms with Gasteiger partial charge in [0.25, 0.3) is 0 Å². The van der Waals surface area contributed by atoms with E-state index in [1.165, 1.54) is 0 Å². The fourth-order valence-corrected chi connectivity index (χ4v) is 2.13. The highest BCUT2D eigenvalue weighted by atomic mass is 35.5. The van der Waals surface area contributed by atoms with Gasteiger partial charge in [0.05, 0.1) is 0 Å². The molecule has 0 amide bonds. The van der Waals surface area contributed by atoms with Crippen LogP contribution in [-0.2, 0) is 5.88 Å². The molecule has 96 valence electrons. The molecule has 1 aromatic rings. The average Bonchev–Trinajstić information content (AvgIpc) is 2.39. The van der Waals surface area contributed by atoms with Gasteiger partial charge < -0.3 is 9.80 Å². The monoisotopic (exact) mass is 275 g/mol. The lowest BCUT2D eigenvalue weighted by Crippen LogP contribution is -2.46. The van der Waals surface area contributed by atoms with E-state index in [9.17, 15) is 0 Å². The molecule has 1 saturated heterocycles. The Morgan fingerprint density at radius 1 is 1.24 bits per heavy atom. The van der Waals surface area contributed by atoms with Crippen LogP contribution in [0.3, 0.4) is 0 Å². The summed E-state index contributed by atoms with van der Waals surface area (Å²) in [5, 5.41) is 0. The maximum Gasteiger partial charge on any atom is 0.128 e. The number of alkyl halides is 1. The van der Waals surface area contributed by atoms with Gasteiger partial charge in [-0.2, -0.15) is 0 Å². The van der Waals surface area contributed by atoms with Gasteiger partial charge in [-0.05, 0) is 18.2 Å². The maximum absolute atomic E-state index is 5.74. The highest BCUT2D eigenvalue weighted by Crippen LogP contribution is 2.14. The van der Waals surface area contributed by atoms with Gasteiger partial charge >= 0.3 is 0 Å².